The number of amidine groups is 1. The van der Waals surface area contributed by atoms with Crippen molar-refractivity contribution in [3.05, 3.63) is 0 Å². The van der Waals surface area contributed by atoms with Crippen LogP contribution in [-0.2, 0) is 5.11 Å². The van der Waals surface area contributed by atoms with Crippen molar-refractivity contribution in [3.63, 3.8) is 0 Å². The van der Waals surface area contributed by atoms with Crippen LogP contribution in [0.2, 0.25) is 0 Å². The molecule has 1 radical (unpaired) electrons. The Bertz CT molecular complexity index is 143. The number of hydrogen-bond donors (Lipinski definition) is 3. The Hall–Kier alpha value is -0.610. The van der Waals surface area contributed by atoms with Crippen LogP contribution in [0.1, 0.15) is 12.8 Å². The topological polar surface area (TPSA) is 81.8 Å². The summed E-state index contributed by atoms with van der Waals surface area (Å²) in [6.45, 7) is 1.70. The van der Waals surface area contributed by atoms with E-state index >= 15 is 0 Å². The second-order valence-corrected chi connectivity index (χ2v) is 2.98. The summed E-state index contributed by atoms with van der Waals surface area (Å²) in [6, 6.07) is 0. The molecular formula is C7H14N3O. The van der Waals surface area contributed by atoms with Gasteiger partial charge in [0.05, 0.1) is 0 Å². The first kappa shape index (κ1) is 8.49. The zero-order chi connectivity index (χ0) is 8.27. The lowest BCUT2D eigenvalue weighted by Crippen LogP contribution is -2.42. The second-order valence-electron chi connectivity index (χ2n) is 2.98. The Morgan fingerprint density at radius 3 is 2.91 bits per heavy atom. The molecule has 0 aliphatic carbocycles. The minimum absolute atomic E-state index is 0.0289. The van der Waals surface area contributed by atoms with Crippen LogP contribution in [0, 0.1) is 11.3 Å². The van der Waals surface area contributed by atoms with Crippen LogP contribution >= 0.6 is 0 Å². The summed E-state index contributed by atoms with van der Waals surface area (Å²) >= 11 is 0. The first-order chi connectivity index (χ1) is 5.22. The molecule has 4 N–H and O–H groups in total. The van der Waals surface area contributed by atoms with E-state index in [1.165, 1.54) is 0 Å². The Kier molecular flexibility index (Phi) is 2.84. The van der Waals surface area contributed by atoms with Crippen molar-refractivity contribution in [1.82, 2.24) is 5.32 Å². The predicted molar refractivity (Wildman–Crippen MR) is 42.0 cm³/mol. The standard InChI is InChI=1S/C7H14N3O/c8-7(9)6(11)5-2-1-3-10-4-5/h5-6,10H,1-4H2,(H3,8,9). The average molecular weight is 156 g/mol. The number of piperidine rings is 1. The lowest BCUT2D eigenvalue weighted by molar-refractivity contribution is 0.0778. The van der Waals surface area contributed by atoms with Crippen LogP contribution in [0.4, 0.5) is 0 Å². The summed E-state index contributed by atoms with van der Waals surface area (Å²) < 4.78 is 0. The molecule has 0 spiro atoms. The van der Waals surface area contributed by atoms with Gasteiger partial charge in [0.25, 0.3) is 0 Å². The SMILES string of the molecule is N=C(N)C([O])C1CCCNC1. The van der Waals surface area contributed by atoms with Gasteiger partial charge < -0.3 is 11.1 Å². The van der Waals surface area contributed by atoms with Crippen molar-refractivity contribution in [2.75, 3.05) is 13.1 Å². The monoisotopic (exact) mass is 156 g/mol. The molecule has 0 amide bonds. The zero-order valence-electron chi connectivity index (χ0n) is 6.47. The Balaban J connectivity index is 2.38. The molecule has 2 atom stereocenters. The third-order valence-corrected chi connectivity index (χ3v) is 2.07. The van der Waals surface area contributed by atoms with Gasteiger partial charge in [-0.15, -0.1) is 0 Å². The van der Waals surface area contributed by atoms with E-state index in [9.17, 15) is 5.11 Å². The van der Waals surface area contributed by atoms with E-state index in [4.69, 9.17) is 11.1 Å². The fourth-order valence-electron chi connectivity index (χ4n) is 1.39. The average Bonchev–Trinajstić information content (AvgIpc) is 2.05. The zero-order valence-corrected chi connectivity index (χ0v) is 6.47. The minimum Gasteiger partial charge on any atom is -0.385 e. The summed E-state index contributed by atoms with van der Waals surface area (Å²) in [5.74, 6) is -0.194. The van der Waals surface area contributed by atoms with Crippen LogP contribution < -0.4 is 11.1 Å². The Morgan fingerprint density at radius 2 is 2.45 bits per heavy atom. The lowest BCUT2D eigenvalue weighted by atomic mass is 9.93. The summed E-state index contributed by atoms with van der Waals surface area (Å²) in [5, 5.41) is 21.3. The van der Waals surface area contributed by atoms with Gasteiger partial charge in [0.1, 0.15) is 5.84 Å². The lowest BCUT2D eigenvalue weighted by Gasteiger charge is -2.24. The largest absolute Gasteiger partial charge is 0.385 e. The van der Waals surface area contributed by atoms with Crippen LogP contribution in [-0.4, -0.2) is 25.0 Å². The molecule has 4 heteroatoms. The molecule has 0 bridgehead atoms. The van der Waals surface area contributed by atoms with Crippen molar-refractivity contribution in [1.29, 1.82) is 5.41 Å². The van der Waals surface area contributed by atoms with Crippen LogP contribution in [0.15, 0.2) is 0 Å². The first-order valence-corrected chi connectivity index (χ1v) is 3.92. The van der Waals surface area contributed by atoms with Crippen LogP contribution in [0.5, 0.6) is 0 Å². The number of hydrogen-bond acceptors (Lipinski definition) is 2. The third kappa shape index (κ3) is 2.17. The summed E-state index contributed by atoms with van der Waals surface area (Å²) in [6.07, 6.45) is 0.931. The van der Waals surface area contributed by atoms with Crippen molar-refractivity contribution in [2.45, 2.75) is 18.9 Å². The molecule has 1 heterocycles. The van der Waals surface area contributed by atoms with Gasteiger partial charge in [-0.05, 0) is 19.4 Å². The predicted octanol–water partition coefficient (Wildman–Crippen LogP) is -0.279. The van der Waals surface area contributed by atoms with Gasteiger partial charge in [-0.2, -0.15) is 0 Å². The summed E-state index contributed by atoms with van der Waals surface area (Å²) in [7, 11) is 0. The van der Waals surface area contributed by atoms with E-state index in [1.54, 1.807) is 0 Å². The third-order valence-electron chi connectivity index (χ3n) is 2.07. The van der Waals surface area contributed by atoms with Gasteiger partial charge in [-0.25, -0.2) is 5.11 Å². The van der Waals surface area contributed by atoms with E-state index < -0.39 is 6.10 Å². The molecule has 1 saturated heterocycles. The molecule has 1 aliphatic rings. The highest BCUT2D eigenvalue weighted by Crippen LogP contribution is 2.14. The minimum atomic E-state index is -0.997. The molecule has 63 valence electrons. The molecule has 0 aromatic carbocycles. The molecule has 1 aliphatic heterocycles. The van der Waals surface area contributed by atoms with Gasteiger partial charge in [-0.3, -0.25) is 5.41 Å². The van der Waals surface area contributed by atoms with Gasteiger partial charge >= 0.3 is 0 Å². The fourth-order valence-corrected chi connectivity index (χ4v) is 1.39. The smallest absolute Gasteiger partial charge is 0.153 e. The number of nitrogens with one attached hydrogen (secondary N) is 2. The van der Waals surface area contributed by atoms with Crippen molar-refractivity contribution >= 4 is 5.84 Å². The van der Waals surface area contributed by atoms with Gasteiger partial charge in [0, 0.05) is 12.5 Å². The Morgan fingerprint density at radius 1 is 1.73 bits per heavy atom. The molecule has 0 aromatic rings. The van der Waals surface area contributed by atoms with Crippen molar-refractivity contribution < 1.29 is 5.11 Å². The maximum absolute atomic E-state index is 11.2. The highest BCUT2D eigenvalue weighted by atomic mass is 16.3. The summed E-state index contributed by atoms with van der Waals surface area (Å²) in [5.41, 5.74) is 5.11. The van der Waals surface area contributed by atoms with E-state index in [0.717, 1.165) is 19.4 Å². The maximum atomic E-state index is 11.2. The molecule has 0 saturated carbocycles. The van der Waals surface area contributed by atoms with Crippen molar-refractivity contribution in [3.8, 4) is 0 Å². The van der Waals surface area contributed by atoms with Gasteiger partial charge in [0.15, 0.2) is 6.10 Å². The van der Waals surface area contributed by atoms with Crippen LogP contribution in [0.3, 0.4) is 0 Å². The van der Waals surface area contributed by atoms with Gasteiger partial charge in [0.2, 0.25) is 0 Å². The van der Waals surface area contributed by atoms with E-state index in [-0.39, 0.29) is 11.8 Å². The molecule has 1 fully saturated rings. The molecular weight excluding hydrogens is 142 g/mol. The summed E-state index contributed by atoms with van der Waals surface area (Å²) in [4.78, 5) is 0. The van der Waals surface area contributed by atoms with E-state index in [0.29, 0.717) is 6.54 Å². The molecule has 11 heavy (non-hydrogen) atoms. The highest BCUT2D eigenvalue weighted by molar-refractivity contribution is 5.81. The van der Waals surface area contributed by atoms with E-state index in [2.05, 4.69) is 5.32 Å². The molecule has 0 aromatic heterocycles. The van der Waals surface area contributed by atoms with Crippen LogP contribution in [0.25, 0.3) is 0 Å². The fraction of sp³-hybridized carbons (Fsp3) is 0.857. The Labute approximate surface area is 66.3 Å². The molecule has 4 nitrogen and oxygen atoms in total. The van der Waals surface area contributed by atoms with Crippen molar-refractivity contribution in [2.24, 2.45) is 11.7 Å². The second kappa shape index (κ2) is 3.69. The first-order valence-electron chi connectivity index (χ1n) is 3.92. The highest BCUT2D eigenvalue weighted by Gasteiger charge is 2.24. The quantitative estimate of drug-likeness (QED) is 0.379. The normalized spacial score (nSPS) is 27.9. The van der Waals surface area contributed by atoms with E-state index in [1.807, 2.05) is 0 Å². The maximum Gasteiger partial charge on any atom is 0.153 e. The molecule has 1 rings (SSSR count). The molecule has 2 unspecified atom stereocenters. The number of nitrogens with two attached hydrogens (primary N) is 1. The number of rotatable bonds is 2. The van der Waals surface area contributed by atoms with Gasteiger partial charge in [-0.1, -0.05) is 0 Å².